The second-order valence-electron chi connectivity index (χ2n) is 10.2. The van der Waals surface area contributed by atoms with E-state index in [0.717, 1.165) is 36.5 Å². The van der Waals surface area contributed by atoms with E-state index in [4.69, 9.17) is 0 Å². The monoisotopic (exact) mass is 547 g/mol. The van der Waals surface area contributed by atoms with Gasteiger partial charge in [0, 0.05) is 61.4 Å². The molecule has 1 saturated carbocycles. The largest absolute Gasteiger partial charge is 0.396 e. The van der Waals surface area contributed by atoms with Gasteiger partial charge in [-0.3, -0.25) is 10.1 Å². The predicted octanol–water partition coefficient (Wildman–Crippen LogP) is 5.76. The average Bonchev–Trinajstić information content (AvgIpc) is 3.67. The number of aryl methyl sites for hydroxylation is 1. The van der Waals surface area contributed by atoms with E-state index in [9.17, 15) is 18.7 Å². The van der Waals surface area contributed by atoms with Gasteiger partial charge >= 0.3 is 0 Å². The Kier molecular flexibility index (Phi) is 9.13. The fourth-order valence-electron chi connectivity index (χ4n) is 5.12. The zero-order valence-corrected chi connectivity index (χ0v) is 23.4. The maximum Gasteiger partial charge on any atom is 0.260 e. The maximum absolute atomic E-state index is 13.6. The summed E-state index contributed by atoms with van der Waals surface area (Å²) in [6, 6.07) is 7.53. The number of hydrogen-bond acceptors (Lipinski definition) is 7. The number of aromatic nitrogens is 2. The van der Waals surface area contributed by atoms with Crippen molar-refractivity contribution < 1.29 is 18.7 Å². The van der Waals surface area contributed by atoms with Crippen molar-refractivity contribution in [3.63, 3.8) is 0 Å². The van der Waals surface area contributed by atoms with E-state index in [0.29, 0.717) is 28.2 Å². The van der Waals surface area contributed by atoms with Gasteiger partial charge in [0.05, 0.1) is 17.9 Å². The van der Waals surface area contributed by atoms with Crippen molar-refractivity contribution in [1.82, 2.24) is 9.97 Å². The molecule has 2 aliphatic heterocycles. The van der Waals surface area contributed by atoms with Crippen molar-refractivity contribution >= 4 is 35.1 Å². The number of carbonyl (C=O) groups excluding carboxylic acids is 1. The van der Waals surface area contributed by atoms with E-state index in [1.165, 1.54) is 12.8 Å². The predicted molar refractivity (Wildman–Crippen MR) is 150 cm³/mol. The highest BCUT2D eigenvalue weighted by Crippen LogP contribution is 2.54. The molecule has 1 aliphatic carbocycles. The molecule has 1 amide bonds. The lowest BCUT2D eigenvalue weighted by molar-refractivity contribution is -0.0221. The molecule has 2 saturated heterocycles. The number of piperidine rings is 2. The molecular formula is C28H39F2N5O2S. The van der Waals surface area contributed by atoms with Crippen LogP contribution in [-0.4, -0.2) is 65.4 Å². The highest BCUT2D eigenvalue weighted by Gasteiger charge is 2.44. The number of halogens is 2. The Morgan fingerprint density at radius 3 is 2.29 bits per heavy atom. The molecule has 3 aliphatic rings. The van der Waals surface area contributed by atoms with Crippen molar-refractivity contribution in [3.05, 3.63) is 35.5 Å². The van der Waals surface area contributed by atoms with Gasteiger partial charge in [-0.2, -0.15) is 4.98 Å². The Morgan fingerprint density at radius 2 is 1.66 bits per heavy atom. The first-order valence-corrected chi connectivity index (χ1v) is 14.7. The van der Waals surface area contributed by atoms with E-state index in [1.54, 1.807) is 24.8 Å². The lowest BCUT2D eigenvalue weighted by Crippen LogP contribution is -2.40. The van der Waals surface area contributed by atoms with Crippen LogP contribution >= 0.6 is 11.8 Å². The molecule has 0 bridgehead atoms. The Hall–Kier alpha value is -2.46. The molecule has 1 spiro atoms. The lowest BCUT2D eigenvalue weighted by atomic mass is 9.93. The summed E-state index contributed by atoms with van der Waals surface area (Å²) in [5, 5.41) is 12.1. The number of carbonyl (C=O) groups is 1. The van der Waals surface area contributed by atoms with Gasteiger partial charge in [0.15, 0.2) is 0 Å². The fourth-order valence-corrected chi connectivity index (χ4v) is 5.81. The number of rotatable bonds is 7. The molecule has 2 aromatic rings. The van der Waals surface area contributed by atoms with Gasteiger partial charge in [-0.05, 0) is 56.2 Å². The number of hydrogen-bond donors (Lipinski definition) is 2. The maximum atomic E-state index is 13.6. The molecule has 0 radical (unpaired) electrons. The van der Waals surface area contributed by atoms with E-state index in [2.05, 4.69) is 20.2 Å². The number of thioether (sulfide) groups is 1. The average molecular weight is 548 g/mol. The molecule has 5 rings (SSSR count). The molecular weight excluding hydrogens is 508 g/mol. The van der Waals surface area contributed by atoms with Crippen LogP contribution in [0.4, 0.5) is 26.2 Å². The van der Waals surface area contributed by atoms with Crippen LogP contribution < -0.4 is 15.1 Å². The van der Waals surface area contributed by atoms with Gasteiger partial charge in [-0.15, -0.1) is 11.8 Å². The van der Waals surface area contributed by atoms with Crippen LogP contribution in [0.25, 0.3) is 0 Å². The molecule has 3 heterocycles. The molecule has 7 nitrogen and oxygen atoms in total. The lowest BCUT2D eigenvalue weighted by Gasteiger charge is -2.35. The third kappa shape index (κ3) is 6.94. The summed E-state index contributed by atoms with van der Waals surface area (Å²) >= 11 is 1.56. The Morgan fingerprint density at radius 1 is 1.00 bits per heavy atom. The summed E-state index contributed by atoms with van der Waals surface area (Å²) in [5.41, 5.74) is 2.62. The standard InChI is InChI=1S/C26H33F2N5O2S.C2H6/c1-18-16-22(33-12-8-26(27,28)9-13-33)30-24(29-18)31-23(35)20-3-2-19(36-15-14-34)17-21(20)32-10-6-25(4-5-25)7-11-32;1-2/h2-3,16-17,34H,4-15H2,1H3,(H,29,30,31,35);1-2H3. The number of benzene rings is 1. The van der Waals surface area contributed by atoms with E-state index in [1.807, 2.05) is 36.9 Å². The van der Waals surface area contributed by atoms with Crippen LogP contribution in [0, 0.1) is 12.3 Å². The van der Waals surface area contributed by atoms with Crippen molar-refractivity contribution in [2.45, 2.75) is 70.1 Å². The van der Waals surface area contributed by atoms with Crippen molar-refractivity contribution in [1.29, 1.82) is 0 Å². The first-order valence-electron chi connectivity index (χ1n) is 13.7. The van der Waals surface area contributed by atoms with Crippen LogP contribution in [0.15, 0.2) is 29.2 Å². The number of amides is 1. The summed E-state index contributed by atoms with van der Waals surface area (Å²) in [6.07, 6.45) is 4.48. The zero-order chi connectivity index (χ0) is 27.3. The first kappa shape index (κ1) is 28.5. The summed E-state index contributed by atoms with van der Waals surface area (Å²) in [5.74, 6) is -1.61. The van der Waals surface area contributed by atoms with E-state index < -0.39 is 5.92 Å². The van der Waals surface area contributed by atoms with Crippen molar-refractivity contribution in [3.8, 4) is 0 Å². The molecule has 10 heteroatoms. The third-order valence-corrected chi connectivity index (χ3v) is 8.55. The summed E-state index contributed by atoms with van der Waals surface area (Å²) in [4.78, 5) is 27.4. The van der Waals surface area contributed by atoms with Crippen LogP contribution in [-0.2, 0) is 0 Å². The Labute approximate surface area is 228 Å². The van der Waals surface area contributed by atoms with Crippen LogP contribution in [0.1, 0.15) is 68.4 Å². The number of nitrogens with one attached hydrogen (secondary N) is 1. The SMILES string of the molecule is CC.Cc1cc(N2CCC(F)(F)CC2)nc(NC(=O)c2ccc(SCCO)cc2N2CCC3(CC2)CC3)n1. The molecule has 1 aromatic heterocycles. The minimum Gasteiger partial charge on any atom is -0.396 e. The minimum absolute atomic E-state index is 0.0934. The molecule has 0 atom stereocenters. The van der Waals surface area contributed by atoms with Gasteiger partial charge in [0.1, 0.15) is 5.82 Å². The highest BCUT2D eigenvalue weighted by atomic mass is 32.2. The molecule has 0 unspecified atom stereocenters. The molecule has 2 N–H and O–H groups in total. The van der Waals surface area contributed by atoms with Gasteiger partial charge in [-0.25, -0.2) is 13.8 Å². The van der Waals surface area contributed by atoms with Crippen LogP contribution in [0.5, 0.6) is 0 Å². The second kappa shape index (κ2) is 12.2. The van der Waals surface area contributed by atoms with Crippen molar-refractivity contribution in [2.24, 2.45) is 5.41 Å². The highest BCUT2D eigenvalue weighted by molar-refractivity contribution is 7.99. The Balaban J connectivity index is 0.00000164. The smallest absolute Gasteiger partial charge is 0.260 e. The van der Waals surface area contributed by atoms with E-state index in [-0.39, 0.29) is 44.4 Å². The van der Waals surface area contributed by atoms with E-state index >= 15 is 0 Å². The quantitative estimate of drug-likeness (QED) is 0.426. The number of alkyl halides is 2. The first-order chi connectivity index (χ1) is 18.3. The van der Waals surface area contributed by atoms with Crippen LogP contribution in [0.2, 0.25) is 0 Å². The number of nitrogens with zero attached hydrogens (tertiary/aromatic N) is 4. The zero-order valence-electron chi connectivity index (χ0n) is 22.6. The summed E-state index contributed by atoms with van der Waals surface area (Å²) < 4.78 is 27.2. The molecule has 1 aromatic carbocycles. The van der Waals surface area contributed by atoms with Gasteiger partial charge in [0.2, 0.25) is 5.95 Å². The minimum atomic E-state index is -2.64. The molecule has 208 valence electrons. The summed E-state index contributed by atoms with van der Waals surface area (Å²) in [6.45, 7) is 8.16. The summed E-state index contributed by atoms with van der Waals surface area (Å²) in [7, 11) is 0. The molecule has 3 fully saturated rings. The van der Waals surface area contributed by atoms with Gasteiger partial charge in [-0.1, -0.05) is 13.8 Å². The molecule has 38 heavy (non-hydrogen) atoms. The van der Waals surface area contributed by atoms with Gasteiger partial charge in [0.25, 0.3) is 11.8 Å². The number of anilines is 3. The Bertz CT molecular complexity index is 1110. The topological polar surface area (TPSA) is 81.6 Å². The van der Waals surface area contributed by atoms with Crippen molar-refractivity contribution in [2.75, 3.05) is 53.7 Å². The second-order valence-corrected chi connectivity index (χ2v) is 11.4. The van der Waals surface area contributed by atoms with Crippen LogP contribution in [0.3, 0.4) is 0 Å². The normalized spacial score (nSPS) is 19.5. The van der Waals surface area contributed by atoms with Gasteiger partial charge < -0.3 is 14.9 Å². The third-order valence-electron chi connectivity index (χ3n) is 7.58. The fraction of sp³-hybridized carbons (Fsp3) is 0.607. The number of aliphatic hydroxyl groups excluding tert-OH is 1. The number of aliphatic hydroxyl groups is 1.